The van der Waals surface area contributed by atoms with Crippen molar-refractivity contribution in [1.29, 1.82) is 0 Å². The Labute approximate surface area is 595 Å². The summed E-state index contributed by atoms with van der Waals surface area (Å²) in [5.74, 6) is 3.26. The summed E-state index contributed by atoms with van der Waals surface area (Å²) in [5.41, 5.74) is 23.3. The first-order valence-electron chi connectivity index (χ1n) is 33.5. The predicted octanol–water partition coefficient (Wildman–Crippen LogP) is 22.0. The smallest absolute Gasteiger partial charge is 0.150 e. The molecule has 12 aromatic carbocycles. The highest BCUT2D eigenvalue weighted by Gasteiger charge is 2.42. The number of ether oxygens (including phenoxy) is 1. The van der Waals surface area contributed by atoms with Crippen LogP contribution in [0, 0.1) is 27.7 Å². The molecule has 0 fully saturated rings. The van der Waals surface area contributed by atoms with E-state index in [0.717, 1.165) is 112 Å². The van der Waals surface area contributed by atoms with Gasteiger partial charge in [0.05, 0.1) is 7.11 Å². The lowest BCUT2D eigenvalue weighted by Gasteiger charge is -2.29. The monoisotopic (exact) mass is 1350 g/mol. The van der Waals surface area contributed by atoms with Gasteiger partial charge in [0.2, 0.25) is 0 Å². The van der Waals surface area contributed by atoms with E-state index in [9.17, 15) is 45.6 Å². The fourth-order valence-electron chi connectivity index (χ4n) is 13.3. The lowest BCUT2D eigenvalue weighted by Crippen LogP contribution is -2.22. The molecular weight excluding hydrogens is 1270 g/mol. The van der Waals surface area contributed by atoms with Crippen molar-refractivity contribution in [2.24, 2.45) is 0 Å². The van der Waals surface area contributed by atoms with Crippen molar-refractivity contribution in [3.63, 3.8) is 0 Å². The van der Waals surface area contributed by atoms with Crippen molar-refractivity contribution in [1.82, 2.24) is 0 Å². The Morgan fingerprint density at radius 3 is 1.00 bits per heavy atom. The molecule has 3 unspecified atom stereocenters. The SMILES string of the molecule is COc1ccc(C(C)c2cc(-c3ccc(O)c(C)c3)ccc2O)cc1.Cc1cc(-c2ccc(O)c(C(C)c3ccc(C=O)cc3)c2)ccc1O.Cc1cc(-c2ccc(O)c(C(C)c3ccsc3)c2)ccc1O.Cc1cc(-c2ccc(O)c(C3(C)c4ccccc4-c4ccccc43)c2)ccc1O. The maximum absolute atomic E-state index is 10.9. The van der Waals surface area contributed by atoms with Crippen molar-refractivity contribution in [2.75, 3.05) is 7.11 Å². The Morgan fingerprint density at radius 1 is 0.347 bits per heavy atom. The number of rotatable bonds is 13. The molecule has 101 heavy (non-hydrogen) atoms. The first kappa shape index (κ1) is 70.5. The van der Waals surface area contributed by atoms with Crippen LogP contribution in [0.5, 0.6) is 51.7 Å². The van der Waals surface area contributed by atoms with Crippen LogP contribution in [0.3, 0.4) is 0 Å². The van der Waals surface area contributed by atoms with Crippen molar-refractivity contribution < 1.29 is 50.4 Å². The molecule has 0 saturated heterocycles. The van der Waals surface area contributed by atoms with Crippen molar-refractivity contribution in [3.05, 3.63) is 337 Å². The first-order chi connectivity index (χ1) is 48.5. The van der Waals surface area contributed by atoms with Crippen LogP contribution in [0.25, 0.3) is 55.6 Å². The first-order valence-corrected chi connectivity index (χ1v) is 34.4. The zero-order chi connectivity index (χ0) is 71.8. The molecule has 14 rings (SSSR count). The summed E-state index contributed by atoms with van der Waals surface area (Å²) in [6, 6.07) is 79.1. The van der Waals surface area contributed by atoms with Crippen LogP contribution in [-0.2, 0) is 5.41 Å². The second kappa shape index (κ2) is 30.5. The summed E-state index contributed by atoms with van der Waals surface area (Å²) in [6.07, 6.45) is 0.819. The quantitative estimate of drug-likeness (QED) is 0.0516. The Hall–Kier alpha value is -11.8. The standard InChI is InChI=1S/C27H22O2.C22H22O3.C22H20O3.C19H18O2S/c1-17-15-18(11-13-25(17)28)19-12-14-26(29)24(16-19)27(2)22-9-5-3-7-20(22)21-8-4-6-10-23(21)27;1-14-12-17(6-10-21(14)23)18-7-11-22(24)20(13-18)15(2)16-4-8-19(25-3)9-5-16;1-14-11-18(7-9-21(14)24)19-8-10-22(25)20(12-19)15(2)17-5-3-16(13-23)4-6-17;1-12-9-14(3-5-18(12)20)15-4-6-19(21)17(10-15)13(2)16-7-8-22-11-16/h3-16,28-29H,1-2H3;4-13,15,23-24H,1-3H3;3-13,15,24-25H,1-2H3;3-11,13,20-21H,1-2H3. The summed E-state index contributed by atoms with van der Waals surface area (Å²) in [4.78, 5) is 10.8. The number of aldehydes is 1. The molecule has 8 N–H and O–H groups in total. The molecule has 0 aliphatic heterocycles. The van der Waals surface area contributed by atoms with E-state index in [2.05, 4.69) is 92.2 Å². The minimum Gasteiger partial charge on any atom is -0.508 e. The van der Waals surface area contributed by atoms with Crippen molar-refractivity contribution in [3.8, 4) is 107 Å². The Bertz CT molecular complexity index is 5070. The number of aromatic hydroxyl groups is 8. The molecule has 1 heterocycles. The van der Waals surface area contributed by atoms with Gasteiger partial charge in [-0.1, -0.05) is 154 Å². The number of thiophene rings is 1. The van der Waals surface area contributed by atoms with Gasteiger partial charge < -0.3 is 45.6 Å². The Morgan fingerprint density at radius 2 is 0.663 bits per heavy atom. The van der Waals surface area contributed by atoms with E-state index >= 15 is 0 Å². The predicted molar refractivity (Wildman–Crippen MR) is 409 cm³/mol. The molecule has 1 aromatic heterocycles. The van der Waals surface area contributed by atoms with E-state index in [4.69, 9.17) is 4.74 Å². The topological polar surface area (TPSA) is 188 Å². The van der Waals surface area contributed by atoms with E-state index < -0.39 is 5.41 Å². The molecule has 0 amide bonds. The number of hydrogen-bond donors (Lipinski definition) is 8. The third kappa shape index (κ3) is 15.3. The van der Waals surface area contributed by atoms with Crippen LogP contribution in [0.15, 0.2) is 259 Å². The average molecular weight is 1360 g/mol. The Kier molecular flexibility index (Phi) is 21.3. The molecule has 0 radical (unpaired) electrons. The maximum atomic E-state index is 10.9. The van der Waals surface area contributed by atoms with Crippen molar-refractivity contribution >= 4 is 17.6 Å². The van der Waals surface area contributed by atoms with Crippen LogP contribution in [0.4, 0.5) is 0 Å². The molecule has 508 valence electrons. The molecule has 1 aliphatic carbocycles. The third-order valence-corrected chi connectivity index (χ3v) is 20.3. The Balaban J connectivity index is 0.000000136. The van der Waals surface area contributed by atoms with E-state index in [1.54, 1.807) is 79.1 Å². The molecule has 0 saturated carbocycles. The lowest BCUT2D eigenvalue weighted by molar-refractivity contribution is 0.112. The summed E-state index contributed by atoms with van der Waals surface area (Å²) >= 11 is 1.66. The van der Waals surface area contributed by atoms with Gasteiger partial charge in [-0.2, -0.15) is 11.3 Å². The third-order valence-electron chi connectivity index (χ3n) is 19.6. The number of phenols is 8. The summed E-state index contributed by atoms with van der Waals surface area (Å²) in [7, 11) is 1.65. The largest absolute Gasteiger partial charge is 0.508 e. The van der Waals surface area contributed by atoms with Crippen LogP contribution < -0.4 is 4.74 Å². The number of hydrogen-bond acceptors (Lipinski definition) is 11. The highest BCUT2D eigenvalue weighted by molar-refractivity contribution is 7.08. The van der Waals surface area contributed by atoms with E-state index in [0.29, 0.717) is 28.6 Å². The summed E-state index contributed by atoms with van der Waals surface area (Å²) in [5, 5.41) is 84.9. The van der Waals surface area contributed by atoms with Crippen LogP contribution in [0.2, 0.25) is 0 Å². The van der Waals surface area contributed by atoms with Gasteiger partial charge in [-0.25, -0.2) is 0 Å². The van der Waals surface area contributed by atoms with Gasteiger partial charge >= 0.3 is 0 Å². The second-order valence-corrected chi connectivity index (χ2v) is 26.8. The molecule has 10 nitrogen and oxygen atoms in total. The van der Waals surface area contributed by atoms with Gasteiger partial charge in [0.25, 0.3) is 0 Å². The molecule has 1 aliphatic rings. The van der Waals surface area contributed by atoms with Gasteiger partial charge in [0, 0.05) is 51.0 Å². The molecule has 0 bridgehead atoms. The van der Waals surface area contributed by atoms with Gasteiger partial charge in [0.1, 0.15) is 58.0 Å². The second-order valence-electron chi connectivity index (χ2n) is 26.1. The molecular formula is C90H82O10S. The number of aryl methyl sites for hydroxylation is 4. The number of benzene rings is 12. The number of fused-ring (bicyclic) bond motifs is 3. The van der Waals surface area contributed by atoms with Crippen LogP contribution >= 0.6 is 11.3 Å². The number of methoxy groups -OCH3 is 1. The van der Waals surface area contributed by atoms with Gasteiger partial charge in [-0.05, 0) is 266 Å². The molecule has 0 spiro atoms. The van der Waals surface area contributed by atoms with Crippen LogP contribution in [0.1, 0.15) is 128 Å². The minimum absolute atomic E-state index is 0.0149. The summed E-state index contributed by atoms with van der Waals surface area (Å²) in [6.45, 7) is 15.9. The van der Waals surface area contributed by atoms with Crippen LogP contribution in [-0.4, -0.2) is 54.2 Å². The number of phenolic OH excluding ortho intramolecular Hbond substituents is 8. The van der Waals surface area contributed by atoms with Gasteiger partial charge in [-0.15, -0.1) is 0 Å². The molecule has 13 aromatic rings. The highest BCUT2D eigenvalue weighted by Crippen LogP contribution is 2.55. The zero-order valence-corrected chi connectivity index (χ0v) is 58.8. The molecule has 11 heteroatoms. The van der Waals surface area contributed by atoms with Crippen molar-refractivity contribution in [2.45, 2.75) is 78.6 Å². The summed E-state index contributed by atoms with van der Waals surface area (Å²) < 4.78 is 5.21. The highest BCUT2D eigenvalue weighted by atomic mass is 32.1. The molecule has 3 atom stereocenters. The lowest BCUT2D eigenvalue weighted by atomic mass is 9.73. The fourth-order valence-corrected chi connectivity index (χ4v) is 14.0. The van der Waals surface area contributed by atoms with E-state index in [-0.39, 0.29) is 40.8 Å². The van der Waals surface area contributed by atoms with E-state index in [1.165, 1.54) is 27.8 Å². The van der Waals surface area contributed by atoms with Gasteiger partial charge in [-0.3, -0.25) is 4.79 Å². The van der Waals surface area contributed by atoms with Gasteiger partial charge in [0.15, 0.2) is 0 Å². The number of carbonyl (C=O) groups excluding carboxylic acids is 1. The average Bonchev–Trinajstić information content (AvgIpc) is 1.56. The van der Waals surface area contributed by atoms with E-state index in [1.807, 2.05) is 162 Å². The normalized spacial score (nSPS) is 12.5. The maximum Gasteiger partial charge on any atom is 0.150 e. The number of carbonyl (C=O) groups is 1. The fraction of sp³-hybridized carbons (Fsp3) is 0.144. The minimum atomic E-state index is -0.445. The zero-order valence-electron chi connectivity index (χ0n) is 57.9.